The van der Waals surface area contributed by atoms with E-state index in [1.54, 1.807) is 0 Å². The van der Waals surface area contributed by atoms with Gasteiger partial charge in [-0.3, -0.25) is 37.8 Å². The Morgan fingerprint density at radius 3 is 2.20 bits per heavy atom. The zero-order valence-electron chi connectivity index (χ0n) is 22.5. The minimum Gasteiger partial charge on any atom is -0.387 e. The van der Waals surface area contributed by atoms with Crippen LogP contribution in [0.1, 0.15) is 12.5 Å². The molecule has 4 aromatic rings. The number of aromatic amines is 3. The molecular weight excluding hydrogens is 650 g/mol. The summed E-state index contributed by atoms with van der Waals surface area (Å²) in [6.45, 7) is -1.62. The van der Waals surface area contributed by atoms with Crippen molar-refractivity contribution in [1.82, 2.24) is 29.9 Å². The third-order valence-electron chi connectivity index (χ3n) is 7.44. The molecule has 4 unspecified atom stereocenters. The van der Waals surface area contributed by atoms with Crippen molar-refractivity contribution in [3.63, 3.8) is 0 Å². The summed E-state index contributed by atoms with van der Waals surface area (Å²) in [5.41, 5.74) is 11.3. The predicted octanol–water partition coefficient (Wildman–Crippen LogP) is -3.50. The van der Waals surface area contributed by atoms with Crippen molar-refractivity contribution >= 4 is 49.7 Å². The van der Waals surface area contributed by atoms with Crippen LogP contribution in [0.2, 0.25) is 0 Å². The Morgan fingerprint density at radius 2 is 1.47 bits per heavy atom. The molecule has 25 heteroatoms. The standard InChI is InChI=1S/C20H24N10O13P2/c21-14-8-15(24-3-23-14)29(4-25-8)18-11(32)12-7(41-18)2-39-45(36,37)43-13-10(31)6(1-38-44(34,35)42-12)40-19(13)30-5-26-9-16(30)27-20(22)28-17(9)33/h3-7,10-13,18-19,31-32H,1-2H2,(H7,21,22,23,24,27,28,33,34,35,36,37)/p+2/t6-,7-,10?,11+,12?,13+,18-,19-/m1/s1. The third-order valence-corrected chi connectivity index (χ3v) is 9.41. The van der Waals surface area contributed by atoms with Gasteiger partial charge in [0.25, 0.3) is 11.5 Å². The molecule has 7 rings (SSSR count). The van der Waals surface area contributed by atoms with Gasteiger partial charge in [0.1, 0.15) is 30.5 Å². The van der Waals surface area contributed by atoms with Gasteiger partial charge < -0.3 is 40.9 Å². The van der Waals surface area contributed by atoms with Gasteiger partial charge in [-0.15, -0.1) is 0 Å². The van der Waals surface area contributed by atoms with E-state index in [4.69, 9.17) is 39.0 Å². The van der Waals surface area contributed by atoms with Crippen molar-refractivity contribution in [2.45, 2.75) is 49.1 Å². The number of aliphatic hydroxyl groups is 2. The topological polar surface area (TPSA) is 333 Å². The van der Waals surface area contributed by atoms with E-state index >= 15 is 0 Å². The average molecular weight is 676 g/mol. The molecule has 242 valence electrons. The molecule has 4 aromatic heterocycles. The molecule has 11 N–H and O–H groups in total. The fourth-order valence-corrected chi connectivity index (χ4v) is 7.31. The van der Waals surface area contributed by atoms with Gasteiger partial charge >= 0.3 is 26.9 Å². The Kier molecular flexibility index (Phi) is 7.27. The van der Waals surface area contributed by atoms with Crippen LogP contribution in [0.4, 0.5) is 11.8 Å². The zero-order valence-corrected chi connectivity index (χ0v) is 24.3. The Labute approximate surface area is 248 Å². The zero-order chi connectivity index (χ0) is 31.8. The number of nitrogens with one attached hydrogen (secondary N) is 3. The van der Waals surface area contributed by atoms with Crippen LogP contribution in [-0.2, 0) is 36.7 Å². The van der Waals surface area contributed by atoms with Gasteiger partial charge in [0.05, 0.1) is 13.2 Å². The van der Waals surface area contributed by atoms with Crippen molar-refractivity contribution in [1.29, 1.82) is 0 Å². The summed E-state index contributed by atoms with van der Waals surface area (Å²) >= 11 is 0. The highest BCUT2D eigenvalue weighted by molar-refractivity contribution is 7.47. The van der Waals surface area contributed by atoms with E-state index in [2.05, 4.69) is 29.9 Å². The lowest BCUT2D eigenvalue weighted by Crippen LogP contribution is -2.47. The summed E-state index contributed by atoms with van der Waals surface area (Å²) < 4.78 is 61.3. The smallest absolute Gasteiger partial charge is 0.387 e. The minimum atomic E-state index is -5.10. The number of ether oxygens (including phenoxy) is 2. The molecule has 3 aliphatic heterocycles. The van der Waals surface area contributed by atoms with Gasteiger partial charge in [0.2, 0.25) is 23.5 Å². The molecule has 0 aromatic carbocycles. The van der Waals surface area contributed by atoms with Gasteiger partial charge in [-0.25, -0.2) is 18.3 Å². The minimum absolute atomic E-state index is 0.0495. The van der Waals surface area contributed by atoms with Crippen LogP contribution in [-0.4, -0.2) is 99.7 Å². The number of hydrogen-bond acceptors (Lipinski definition) is 16. The number of hydrogen-bond donors (Lipinski definition) is 9. The van der Waals surface area contributed by atoms with E-state index < -0.39 is 83.5 Å². The molecular formula is C20H26N10O13P2+2. The van der Waals surface area contributed by atoms with E-state index in [9.17, 15) is 33.9 Å². The maximum absolute atomic E-state index is 13.2. The van der Waals surface area contributed by atoms with E-state index in [-0.39, 0.29) is 28.6 Å². The Hall–Kier alpha value is -3.44. The fourth-order valence-electron chi connectivity index (χ4n) is 5.41. The number of aliphatic hydroxyl groups excluding tert-OH is 2. The molecule has 3 saturated heterocycles. The lowest BCUT2D eigenvalue weighted by molar-refractivity contribution is -0.745. The normalized spacial score (nSPS) is 37.7. The lowest BCUT2D eigenvalue weighted by atomic mass is 10.1. The van der Waals surface area contributed by atoms with Gasteiger partial charge in [-0.05, 0) is 0 Å². The number of fused-ring (bicyclic) bond motifs is 5. The molecule has 0 aliphatic carbocycles. The molecule has 0 spiro atoms. The fraction of sp³-hybridized carbons (Fsp3) is 0.500. The molecule has 3 aliphatic rings. The first-order valence-electron chi connectivity index (χ1n) is 13.1. The van der Waals surface area contributed by atoms with Crippen LogP contribution in [0.15, 0.2) is 23.8 Å². The molecule has 7 heterocycles. The number of H-pyrrole nitrogens is 3. The summed E-state index contributed by atoms with van der Waals surface area (Å²) in [5.74, 6) is -0.170. The Balaban J connectivity index is 1.21. The number of rotatable bonds is 2. The summed E-state index contributed by atoms with van der Waals surface area (Å²) in [7, 11) is -10.1. The largest absolute Gasteiger partial charge is 0.472 e. The number of phosphoric acid groups is 2. The van der Waals surface area contributed by atoms with Crippen molar-refractivity contribution in [2.24, 2.45) is 0 Å². The number of nitrogens with two attached hydrogens (primary N) is 2. The van der Waals surface area contributed by atoms with Crippen LogP contribution in [0.3, 0.4) is 0 Å². The second kappa shape index (κ2) is 10.8. The Morgan fingerprint density at radius 1 is 0.844 bits per heavy atom. The Bertz CT molecular complexity index is 1940. The van der Waals surface area contributed by atoms with Crippen LogP contribution in [0.25, 0.3) is 22.3 Å². The van der Waals surface area contributed by atoms with Crippen LogP contribution in [0.5, 0.6) is 0 Å². The first-order valence-corrected chi connectivity index (χ1v) is 16.1. The number of aromatic nitrogens is 8. The predicted molar refractivity (Wildman–Crippen MR) is 141 cm³/mol. The van der Waals surface area contributed by atoms with Gasteiger partial charge in [0, 0.05) is 0 Å². The van der Waals surface area contributed by atoms with E-state index in [1.165, 1.54) is 28.1 Å². The molecule has 3 fully saturated rings. The number of imidazole rings is 2. The van der Waals surface area contributed by atoms with E-state index in [1.807, 2.05) is 0 Å². The lowest BCUT2D eigenvalue weighted by Gasteiger charge is -2.24. The van der Waals surface area contributed by atoms with Crippen molar-refractivity contribution < 1.29 is 65.8 Å². The van der Waals surface area contributed by atoms with Crippen molar-refractivity contribution in [3.8, 4) is 0 Å². The molecule has 2 bridgehead atoms. The highest BCUT2D eigenvalue weighted by atomic mass is 31.2. The van der Waals surface area contributed by atoms with Gasteiger partial charge in [0.15, 0.2) is 30.9 Å². The molecule has 45 heavy (non-hydrogen) atoms. The second-order valence-corrected chi connectivity index (χ2v) is 13.1. The molecule has 0 amide bonds. The molecule has 10 atom stereocenters. The SMILES string of the molecule is Nc1nc2c([nH]c[n+]2[C@@H]2O[C@@H]3COP(=O)(O)OC4[C@@H](COP(=O)(O)O[C@H]2C3O)O[C@@H]([n+]2c[nH]c3c(N)ncnc32)[C@H]4O)c(=O)[nH]1. The number of phosphoric ester groups is 2. The van der Waals surface area contributed by atoms with Crippen LogP contribution < -0.4 is 26.2 Å². The van der Waals surface area contributed by atoms with Crippen molar-refractivity contribution in [3.05, 3.63) is 29.3 Å². The molecule has 23 nitrogen and oxygen atoms in total. The highest BCUT2D eigenvalue weighted by Gasteiger charge is 2.55. The summed E-state index contributed by atoms with van der Waals surface area (Å²) in [6.07, 6.45) is -8.74. The van der Waals surface area contributed by atoms with Crippen LogP contribution >= 0.6 is 15.6 Å². The molecule has 0 saturated carbocycles. The van der Waals surface area contributed by atoms with E-state index in [0.717, 1.165) is 0 Å². The highest BCUT2D eigenvalue weighted by Crippen LogP contribution is 2.52. The quantitative estimate of drug-likeness (QED) is 0.0734. The number of nitrogen functional groups attached to an aromatic ring is 2. The van der Waals surface area contributed by atoms with Gasteiger partial charge in [-0.2, -0.15) is 4.98 Å². The first kappa shape index (κ1) is 30.2. The van der Waals surface area contributed by atoms with Gasteiger partial charge in [-0.1, -0.05) is 9.97 Å². The summed E-state index contributed by atoms with van der Waals surface area (Å²) in [6, 6.07) is 0. The first-order chi connectivity index (χ1) is 21.3. The third kappa shape index (κ3) is 5.31. The van der Waals surface area contributed by atoms with Crippen LogP contribution in [0, 0.1) is 0 Å². The van der Waals surface area contributed by atoms with E-state index in [0.29, 0.717) is 5.52 Å². The monoisotopic (exact) mass is 676 g/mol. The maximum Gasteiger partial charge on any atom is 0.472 e. The maximum atomic E-state index is 13.2. The summed E-state index contributed by atoms with van der Waals surface area (Å²) in [5, 5.41) is 22.2. The number of anilines is 2. The second-order valence-electron chi connectivity index (χ2n) is 10.2. The number of nitrogens with zero attached hydrogens (tertiary/aromatic N) is 5. The molecule has 0 radical (unpaired) electrons. The summed E-state index contributed by atoms with van der Waals surface area (Å²) in [4.78, 5) is 53.4. The average Bonchev–Trinajstić information content (AvgIpc) is 3.72. The van der Waals surface area contributed by atoms with Crippen molar-refractivity contribution in [2.75, 3.05) is 24.7 Å².